The van der Waals surface area contributed by atoms with Crippen molar-refractivity contribution in [2.45, 2.75) is 38.9 Å². The van der Waals surface area contributed by atoms with Crippen LogP contribution in [0.3, 0.4) is 0 Å². The van der Waals surface area contributed by atoms with E-state index in [9.17, 15) is 9.90 Å². The molecule has 2 rings (SSSR count). The first-order valence-electron chi connectivity index (χ1n) is 9.25. The minimum Gasteiger partial charge on any atom is -0.491 e. The van der Waals surface area contributed by atoms with Gasteiger partial charge in [-0.2, -0.15) is 11.8 Å². The molecule has 0 bridgehead atoms. The van der Waals surface area contributed by atoms with E-state index in [4.69, 9.17) is 14.2 Å². The van der Waals surface area contributed by atoms with Gasteiger partial charge in [0.15, 0.2) is 0 Å². The van der Waals surface area contributed by atoms with E-state index >= 15 is 0 Å². The zero-order valence-corrected chi connectivity index (χ0v) is 17.4. The summed E-state index contributed by atoms with van der Waals surface area (Å²) in [5.41, 5.74) is -0.462. The van der Waals surface area contributed by atoms with E-state index in [1.807, 2.05) is 63.2 Å². The maximum Gasteiger partial charge on any atom is 0.307 e. The molecule has 152 valence electrons. The number of ether oxygens (including phenoxy) is 3. The van der Waals surface area contributed by atoms with Gasteiger partial charge in [-0.25, -0.2) is 0 Å². The van der Waals surface area contributed by atoms with Gasteiger partial charge in [-0.15, -0.1) is 0 Å². The van der Waals surface area contributed by atoms with Gasteiger partial charge in [0.2, 0.25) is 0 Å². The summed E-state index contributed by atoms with van der Waals surface area (Å²) in [4.78, 5) is 11.6. The SMILES string of the molecule is CC(C)(C)OC(=O)CCSCC(O)COc1ccc(Oc2ccccc2)cc1. The van der Waals surface area contributed by atoms with Crippen LogP contribution in [0.15, 0.2) is 54.6 Å². The van der Waals surface area contributed by atoms with Gasteiger partial charge in [0.1, 0.15) is 29.5 Å². The number of rotatable bonds is 10. The summed E-state index contributed by atoms with van der Waals surface area (Å²) in [6.07, 6.45) is -0.276. The van der Waals surface area contributed by atoms with Crippen molar-refractivity contribution >= 4 is 17.7 Å². The second-order valence-electron chi connectivity index (χ2n) is 7.26. The number of carbonyl (C=O) groups excluding carboxylic acids is 1. The van der Waals surface area contributed by atoms with Crippen molar-refractivity contribution in [1.29, 1.82) is 0 Å². The Hall–Kier alpha value is -2.18. The maximum atomic E-state index is 11.6. The first-order valence-corrected chi connectivity index (χ1v) is 10.4. The van der Waals surface area contributed by atoms with E-state index < -0.39 is 11.7 Å². The first kappa shape index (κ1) is 22.1. The van der Waals surface area contributed by atoms with Gasteiger partial charge < -0.3 is 19.3 Å². The minimum atomic E-state index is -0.608. The lowest BCUT2D eigenvalue weighted by Gasteiger charge is -2.19. The molecule has 1 atom stereocenters. The van der Waals surface area contributed by atoms with Gasteiger partial charge in [-0.3, -0.25) is 4.79 Å². The number of carbonyl (C=O) groups is 1. The molecule has 0 aliphatic rings. The highest BCUT2D eigenvalue weighted by atomic mass is 32.2. The van der Waals surface area contributed by atoms with Crippen molar-refractivity contribution in [1.82, 2.24) is 0 Å². The molecule has 0 heterocycles. The summed E-state index contributed by atoms with van der Waals surface area (Å²) < 4.78 is 16.6. The Morgan fingerprint density at radius 2 is 1.61 bits per heavy atom. The number of esters is 1. The van der Waals surface area contributed by atoms with Crippen LogP contribution in [-0.2, 0) is 9.53 Å². The van der Waals surface area contributed by atoms with Crippen LogP contribution in [0.25, 0.3) is 0 Å². The van der Waals surface area contributed by atoms with Gasteiger partial charge >= 0.3 is 5.97 Å². The molecule has 2 aromatic carbocycles. The van der Waals surface area contributed by atoms with Crippen LogP contribution in [0.2, 0.25) is 0 Å². The molecular weight excluding hydrogens is 376 g/mol. The average molecular weight is 405 g/mol. The largest absolute Gasteiger partial charge is 0.491 e. The standard InChI is InChI=1S/C22H28O5S/c1-22(2,3)27-21(24)13-14-28-16-17(23)15-25-18-9-11-20(12-10-18)26-19-7-5-4-6-8-19/h4-12,17,23H,13-16H2,1-3H3. The van der Waals surface area contributed by atoms with E-state index in [1.54, 1.807) is 12.1 Å². The van der Waals surface area contributed by atoms with Gasteiger partial charge in [0.05, 0.1) is 12.5 Å². The molecule has 28 heavy (non-hydrogen) atoms. The van der Waals surface area contributed by atoms with Crippen molar-refractivity contribution in [2.24, 2.45) is 0 Å². The predicted octanol–water partition coefficient (Wildman–Crippen LogP) is 4.68. The molecule has 0 aliphatic heterocycles. The van der Waals surface area contributed by atoms with Crippen molar-refractivity contribution in [3.63, 3.8) is 0 Å². The summed E-state index contributed by atoms with van der Waals surface area (Å²) in [6.45, 7) is 5.73. The number of benzene rings is 2. The third-order valence-corrected chi connectivity index (χ3v) is 4.54. The summed E-state index contributed by atoms with van der Waals surface area (Å²) in [5, 5.41) is 10.0. The molecule has 0 fully saturated rings. The summed E-state index contributed by atoms with van der Waals surface area (Å²) >= 11 is 1.50. The lowest BCUT2D eigenvalue weighted by molar-refractivity contribution is -0.154. The Balaban J connectivity index is 1.63. The van der Waals surface area contributed by atoms with Crippen molar-refractivity contribution < 1.29 is 24.1 Å². The van der Waals surface area contributed by atoms with Crippen LogP contribution in [-0.4, -0.2) is 40.9 Å². The van der Waals surface area contributed by atoms with Crippen molar-refractivity contribution in [3.8, 4) is 17.2 Å². The third kappa shape index (κ3) is 9.15. The van der Waals surface area contributed by atoms with E-state index in [0.29, 0.717) is 23.7 Å². The Morgan fingerprint density at radius 3 is 2.25 bits per heavy atom. The highest BCUT2D eigenvalue weighted by Gasteiger charge is 2.16. The van der Waals surface area contributed by atoms with E-state index in [-0.39, 0.29) is 12.6 Å². The molecule has 1 N–H and O–H groups in total. The molecule has 0 aliphatic carbocycles. The maximum absolute atomic E-state index is 11.6. The molecule has 0 radical (unpaired) electrons. The van der Waals surface area contributed by atoms with Gasteiger partial charge in [-0.05, 0) is 57.2 Å². The molecule has 2 aromatic rings. The smallest absolute Gasteiger partial charge is 0.307 e. The highest BCUT2D eigenvalue weighted by Crippen LogP contribution is 2.23. The lowest BCUT2D eigenvalue weighted by atomic mass is 10.2. The fourth-order valence-electron chi connectivity index (χ4n) is 2.24. The number of hydrogen-bond donors (Lipinski definition) is 1. The zero-order chi connectivity index (χ0) is 20.4. The Bertz CT molecular complexity index is 710. The van der Waals surface area contributed by atoms with Crippen LogP contribution in [0.1, 0.15) is 27.2 Å². The number of thioether (sulfide) groups is 1. The topological polar surface area (TPSA) is 65.0 Å². The Kier molecular flexibility index (Phi) is 8.67. The van der Waals surface area contributed by atoms with Gasteiger partial charge in [0, 0.05) is 11.5 Å². The number of para-hydroxylation sites is 1. The average Bonchev–Trinajstić information content (AvgIpc) is 2.64. The highest BCUT2D eigenvalue weighted by molar-refractivity contribution is 7.99. The second kappa shape index (κ2) is 11.0. The molecular formula is C22H28O5S. The number of aliphatic hydroxyl groups excluding tert-OH is 1. The van der Waals surface area contributed by atoms with Crippen LogP contribution >= 0.6 is 11.8 Å². The first-order chi connectivity index (χ1) is 13.3. The van der Waals surface area contributed by atoms with Gasteiger partial charge in [-0.1, -0.05) is 18.2 Å². The molecule has 6 heteroatoms. The van der Waals surface area contributed by atoms with Crippen LogP contribution in [0, 0.1) is 0 Å². The molecule has 5 nitrogen and oxygen atoms in total. The normalized spacial score (nSPS) is 12.3. The number of aliphatic hydroxyl groups is 1. The Labute approximate surface area is 171 Å². The molecule has 0 saturated carbocycles. The fourth-order valence-corrected chi connectivity index (χ4v) is 3.08. The van der Waals surface area contributed by atoms with Crippen LogP contribution < -0.4 is 9.47 Å². The van der Waals surface area contributed by atoms with Gasteiger partial charge in [0.25, 0.3) is 0 Å². The molecule has 1 unspecified atom stereocenters. The predicted molar refractivity (Wildman–Crippen MR) is 112 cm³/mol. The lowest BCUT2D eigenvalue weighted by Crippen LogP contribution is -2.24. The monoisotopic (exact) mass is 404 g/mol. The van der Waals surface area contributed by atoms with Crippen molar-refractivity contribution in [2.75, 3.05) is 18.1 Å². The van der Waals surface area contributed by atoms with E-state index in [0.717, 1.165) is 11.5 Å². The minimum absolute atomic E-state index is 0.193. The second-order valence-corrected chi connectivity index (χ2v) is 8.41. The quantitative estimate of drug-likeness (QED) is 0.458. The van der Waals surface area contributed by atoms with Crippen molar-refractivity contribution in [3.05, 3.63) is 54.6 Å². The fraction of sp³-hybridized carbons (Fsp3) is 0.409. The zero-order valence-electron chi connectivity index (χ0n) is 16.6. The van der Waals surface area contributed by atoms with Crippen LogP contribution in [0.5, 0.6) is 17.2 Å². The van der Waals surface area contributed by atoms with E-state index in [1.165, 1.54) is 11.8 Å². The Morgan fingerprint density at radius 1 is 1.00 bits per heavy atom. The summed E-state index contributed by atoms with van der Waals surface area (Å²) in [6, 6.07) is 16.8. The third-order valence-electron chi connectivity index (χ3n) is 3.43. The van der Waals surface area contributed by atoms with E-state index in [2.05, 4.69) is 0 Å². The summed E-state index contributed by atoms with van der Waals surface area (Å²) in [7, 11) is 0. The molecule has 0 spiro atoms. The molecule has 0 saturated heterocycles. The summed E-state index contributed by atoms with van der Waals surface area (Å²) in [5.74, 6) is 3.05. The molecule has 0 aromatic heterocycles. The molecule has 0 amide bonds. The van der Waals surface area contributed by atoms with Crippen LogP contribution in [0.4, 0.5) is 0 Å². The number of hydrogen-bond acceptors (Lipinski definition) is 6.